The van der Waals surface area contributed by atoms with Gasteiger partial charge in [0, 0.05) is 57.3 Å². The van der Waals surface area contributed by atoms with E-state index in [4.69, 9.17) is 0 Å². The molecule has 1 aliphatic heterocycles. The van der Waals surface area contributed by atoms with E-state index in [-0.39, 0.29) is 11.8 Å². The Balaban J connectivity index is 1.43. The molecule has 2 N–H and O–H groups in total. The Morgan fingerprint density at radius 1 is 0.909 bits per heavy atom. The van der Waals surface area contributed by atoms with Crippen molar-refractivity contribution in [2.24, 2.45) is 0 Å². The van der Waals surface area contributed by atoms with Crippen LogP contribution in [-0.2, 0) is 6.54 Å². The number of aromatic nitrogens is 3. The largest absolute Gasteiger partial charge is 0.494 e. The van der Waals surface area contributed by atoms with Gasteiger partial charge >= 0.3 is 0 Å². The first-order chi connectivity index (χ1) is 10.7. The summed E-state index contributed by atoms with van der Waals surface area (Å²) in [4.78, 5) is 13.1. The van der Waals surface area contributed by atoms with E-state index in [2.05, 4.69) is 19.8 Å². The second-order valence-electron chi connectivity index (χ2n) is 5.43. The van der Waals surface area contributed by atoms with Crippen LogP contribution in [0.2, 0.25) is 0 Å². The quantitative estimate of drug-likeness (QED) is 0.854. The first-order valence-corrected chi connectivity index (χ1v) is 7.56. The van der Waals surface area contributed by atoms with Crippen LogP contribution in [0.1, 0.15) is 6.42 Å². The molecule has 0 spiro atoms. The zero-order valence-electron chi connectivity index (χ0n) is 12.5. The lowest BCUT2D eigenvalue weighted by Crippen LogP contribution is -2.47. The summed E-state index contributed by atoms with van der Waals surface area (Å²) in [5.41, 5.74) is 0. The number of anilines is 1. The number of aromatic hydroxyl groups is 2. The fourth-order valence-corrected chi connectivity index (χ4v) is 2.75. The molecule has 2 aromatic rings. The van der Waals surface area contributed by atoms with Crippen molar-refractivity contribution >= 4 is 5.95 Å². The standard InChI is InChI=1S/C15H21N5O2/c21-13-3-4-14(22)20(13)8-2-7-18-9-11-19(12-10-18)15-16-5-1-6-17-15/h1,3-6,21-22H,2,7-12H2. The molecule has 22 heavy (non-hydrogen) atoms. The van der Waals surface area contributed by atoms with Gasteiger partial charge in [0.2, 0.25) is 5.95 Å². The van der Waals surface area contributed by atoms with Crippen LogP contribution in [0.15, 0.2) is 30.6 Å². The van der Waals surface area contributed by atoms with E-state index in [0.29, 0.717) is 6.54 Å². The van der Waals surface area contributed by atoms with Crippen molar-refractivity contribution in [1.82, 2.24) is 19.4 Å². The fourth-order valence-electron chi connectivity index (χ4n) is 2.75. The van der Waals surface area contributed by atoms with Crippen LogP contribution in [0.4, 0.5) is 5.95 Å². The predicted octanol–water partition coefficient (Wildman–Crippen LogP) is 0.902. The molecule has 0 bridgehead atoms. The van der Waals surface area contributed by atoms with Gasteiger partial charge in [0.1, 0.15) is 0 Å². The Morgan fingerprint density at radius 3 is 2.18 bits per heavy atom. The lowest BCUT2D eigenvalue weighted by Gasteiger charge is -2.34. The number of rotatable bonds is 5. The summed E-state index contributed by atoms with van der Waals surface area (Å²) in [7, 11) is 0. The van der Waals surface area contributed by atoms with E-state index in [1.807, 2.05) is 6.07 Å². The lowest BCUT2D eigenvalue weighted by molar-refractivity contribution is 0.245. The van der Waals surface area contributed by atoms with Crippen LogP contribution in [0.3, 0.4) is 0 Å². The molecule has 0 unspecified atom stereocenters. The number of hydrogen-bond acceptors (Lipinski definition) is 6. The van der Waals surface area contributed by atoms with E-state index in [0.717, 1.165) is 45.1 Å². The molecular formula is C15H21N5O2. The SMILES string of the molecule is Oc1ccc(O)n1CCCN1CCN(c2ncccn2)CC1. The summed E-state index contributed by atoms with van der Waals surface area (Å²) in [6.45, 7) is 5.35. The van der Waals surface area contributed by atoms with Gasteiger partial charge in [-0.3, -0.25) is 9.47 Å². The van der Waals surface area contributed by atoms with Gasteiger partial charge in [-0.25, -0.2) is 9.97 Å². The molecule has 2 aromatic heterocycles. The first-order valence-electron chi connectivity index (χ1n) is 7.56. The van der Waals surface area contributed by atoms with Gasteiger partial charge in [0.25, 0.3) is 0 Å². The Bertz CT molecular complexity index is 574. The second-order valence-corrected chi connectivity index (χ2v) is 5.43. The average molecular weight is 303 g/mol. The number of piperazine rings is 1. The van der Waals surface area contributed by atoms with Gasteiger partial charge in [-0.2, -0.15) is 0 Å². The third-order valence-corrected chi connectivity index (χ3v) is 4.00. The number of hydrogen-bond donors (Lipinski definition) is 2. The third kappa shape index (κ3) is 3.30. The van der Waals surface area contributed by atoms with Crippen LogP contribution in [-0.4, -0.2) is 62.4 Å². The molecule has 3 rings (SSSR count). The van der Waals surface area contributed by atoms with Crippen molar-refractivity contribution in [3.05, 3.63) is 30.6 Å². The van der Waals surface area contributed by atoms with E-state index >= 15 is 0 Å². The maximum Gasteiger partial charge on any atom is 0.225 e. The number of nitrogens with zero attached hydrogens (tertiary/aromatic N) is 5. The summed E-state index contributed by atoms with van der Waals surface area (Å²) >= 11 is 0. The summed E-state index contributed by atoms with van der Waals surface area (Å²) in [5, 5.41) is 19.2. The van der Waals surface area contributed by atoms with Gasteiger partial charge in [-0.05, 0) is 19.0 Å². The van der Waals surface area contributed by atoms with Crippen molar-refractivity contribution in [1.29, 1.82) is 0 Å². The van der Waals surface area contributed by atoms with Crippen molar-refractivity contribution < 1.29 is 10.2 Å². The molecule has 0 radical (unpaired) electrons. The maximum atomic E-state index is 9.60. The monoisotopic (exact) mass is 303 g/mol. The minimum absolute atomic E-state index is 0.114. The Morgan fingerprint density at radius 2 is 1.55 bits per heavy atom. The van der Waals surface area contributed by atoms with Crippen LogP contribution < -0.4 is 4.90 Å². The molecule has 1 fully saturated rings. The van der Waals surface area contributed by atoms with E-state index in [1.165, 1.54) is 16.7 Å². The predicted molar refractivity (Wildman–Crippen MR) is 83.1 cm³/mol. The second kappa shape index (κ2) is 6.65. The van der Waals surface area contributed by atoms with Crippen LogP contribution in [0.25, 0.3) is 0 Å². The van der Waals surface area contributed by atoms with E-state index in [1.54, 1.807) is 12.4 Å². The van der Waals surface area contributed by atoms with Crippen LogP contribution >= 0.6 is 0 Å². The van der Waals surface area contributed by atoms with E-state index in [9.17, 15) is 10.2 Å². The molecule has 7 heteroatoms. The third-order valence-electron chi connectivity index (χ3n) is 4.00. The van der Waals surface area contributed by atoms with Crippen LogP contribution in [0.5, 0.6) is 11.8 Å². The minimum atomic E-state index is 0.114. The Kier molecular flexibility index (Phi) is 4.43. The van der Waals surface area contributed by atoms with Gasteiger partial charge < -0.3 is 15.1 Å². The first kappa shape index (κ1) is 14.6. The normalized spacial score (nSPS) is 16.1. The Hall–Kier alpha value is -2.28. The molecule has 0 saturated carbocycles. The highest BCUT2D eigenvalue weighted by atomic mass is 16.3. The molecule has 3 heterocycles. The topological polar surface area (TPSA) is 77.7 Å². The van der Waals surface area contributed by atoms with Gasteiger partial charge in [-0.1, -0.05) is 0 Å². The molecule has 0 amide bonds. The van der Waals surface area contributed by atoms with Crippen molar-refractivity contribution in [3.63, 3.8) is 0 Å². The molecule has 1 saturated heterocycles. The van der Waals surface area contributed by atoms with Crippen LogP contribution in [0, 0.1) is 0 Å². The average Bonchev–Trinajstić information content (AvgIpc) is 2.88. The van der Waals surface area contributed by atoms with Gasteiger partial charge in [0.05, 0.1) is 0 Å². The summed E-state index contributed by atoms with van der Waals surface area (Å²) in [6, 6.07) is 4.84. The minimum Gasteiger partial charge on any atom is -0.494 e. The molecule has 0 aromatic carbocycles. The van der Waals surface area contributed by atoms with Crippen molar-refractivity contribution in [3.8, 4) is 11.8 Å². The summed E-state index contributed by atoms with van der Waals surface area (Å²) in [6.07, 6.45) is 4.42. The molecule has 0 atom stereocenters. The van der Waals surface area contributed by atoms with Crippen molar-refractivity contribution in [2.75, 3.05) is 37.6 Å². The molecule has 0 aliphatic carbocycles. The highest BCUT2D eigenvalue weighted by Gasteiger charge is 2.18. The van der Waals surface area contributed by atoms with E-state index < -0.39 is 0 Å². The van der Waals surface area contributed by atoms with Gasteiger partial charge in [-0.15, -0.1) is 0 Å². The highest BCUT2D eigenvalue weighted by molar-refractivity contribution is 5.29. The maximum absolute atomic E-state index is 9.60. The molecular weight excluding hydrogens is 282 g/mol. The molecule has 1 aliphatic rings. The smallest absolute Gasteiger partial charge is 0.225 e. The molecule has 118 valence electrons. The highest BCUT2D eigenvalue weighted by Crippen LogP contribution is 2.21. The fraction of sp³-hybridized carbons (Fsp3) is 0.467. The summed E-state index contributed by atoms with van der Waals surface area (Å²) in [5.74, 6) is 1.02. The summed E-state index contributed by atoms with van der Waals surface area (Å²) < 4.78 is 1.52. The lowest BCUT2D eigenvalue weighted by atomic mass is 10.3. The van der Waals surface area contributed by atoms with Crippen molar-refractivity contribution in [2.45, 2.75) is 13.0 Å². The Labute approximate surface area is 129 Å². The zero-order chi connectivity index (χ0) is 15.4. The van der Waals surface area contributed by atoms with Gasteiger partial charge in [0.15, 0.2) is 11.8 Å². The molecule has 7 nitrogen and oxygen atoms in total. The zero-order valence-corrected chi connectivity index (χ0v) is 12.5.